The van der Waals surface area contributed by atoms with Gasteiger partial charge < -0.3 is 15.0 Å². The monoisotopic (exact) mass is 416 g/mol. The number of hydrogen-bond donors (Lipinski definition) is 1. The van der Waals surface area contributed by atoms with Crippen molar-refractivity contribution >= 4 is 23.4 Å². The molecule has 0 fully saturated rings. The van der Waals surface area contributed by atoms with E-state index in [4.69, 9.17) is 16.3 Å². The Labute approximate surface area is 178 Å². The number of rotatable bonds is 8. The van der Waals surface area contributed by atoms with Crippen LogP contribution in [0.25, 0.3) is 0 Å². The SMILES string of the molecule is Cc1ccc(CN(C(=O)COc2ccc(Cl)c(C)c2)[C@@H](C)C(=O)NC(C)C)cc1. The van der Waals surface area contributed by atoms with Gasteiger partial charge in [0.1, 0.15) is 11.8 Å². The molecule has 0 heterocycles. The third-order valence-electron chi connectivity index (χ3n) is 4.56. The van der Waals surface area contributed by atoms with Crippen molar-refractivity contribution in [3.63, 3.8) is 0 Å². The zero-order chi connectivity index (χ0) is 21.6. The Hall–Kier alpha value is -2.53. The molecule has 156 valence electrons. The second-order valence-electron chi connectivity index (χ2n) is 7.55. The van der Waals surface area contributed by atoms with Crippen LogP contribution in [0.4, 0.5) is 0 Å². The van der Waals surface area contributed by atoms with E-state index in [0.29, 0.717) is 17.3 Å². The Morgan fingerprint density at radius 2 is 1.72 bits per heavy atom. The van der Waals surface area contributed by atoms with Gasteiger partial charge in [-0.25, -0.2) is 0 Å². The van der Waals surface area contributed by atoms with Crippen LogP contribution in [0.15, 0.2) is 42.5 Å². The summed E-state index contributed by atoms with van der Waals surface area (Å²) in [6.07, 6.45) is 0. The standard InChI is InChI=1S/C23H29ClN2O3/c1-15(2)25-23(28)18(5)26(13-19-8-6-16(3)7-9-19)22(27)14-29-20-10-11-21(24)17(4)12-20/h6-12,15,18H,13-14H2,1-5H3,(H,25,28)/t18-/m0/s1. The van der Waals surface area contributed by atoms with E-state index in [1.54, 1.807) is 30.0 Å². The normalized spacial score (nSPS) is 11.8. The molecule has 0 bridgehead atoms. The molecule has 0 aliphatic carbocycles. The minimum Gasteiger partial charge on any atom is -0.484 e. The Morgan fingerprint density at radius 3 is 2.31 bits per heavy atom. The molecule has 6 heteroatoms. The maximum Gasteiger partial charge on any atom is 0.261 e. The number of nitrogens with one attached hydrogen (secondary N) is 1. The highest BCUT2D eigenvalue weighted by Crippen LogP contribution is 2.21. The van der Waals surface area contributed by atoms with Crippen LogP contribution in [0.2, 0.25) is 5.02 Å². The fraction of sp³-hybridized carbons (Fsp3) is 0.391. The molecular formula is C23H29ClN2O3. The molecule has 0 spiro atoms. The Morgan fingerprint density at radius 1 is 1.07 bits per heavy atom. The van der Waals surface area contributed by atoms with Gasteiger partial charge in [0.15, 0.2) is 6.61 Å². The number of aryl methyl sites for hydroxylation is 2. The van der Waals surface area contributed by atoms with E-state index in [9.17, 15) is 9.59 Å². The van der Waals surface area contributed by atoms with E-state index in [0.717, 1.165) is 16.7 Å². The molecule has 0 aliphatic heterocycles. The highest BCUT2D eigenvalue weighted by molar-refractivity contribution is 6.31. The summed E-state index contributed by atoms with van der Waals surface area (Å²) in [6, 6.07) is 12.5. The quantitative estimate of drug-likeness (QED) is 0.698. The average molecular weight is 417 g/mol. The summed E-state index contributed by atoms with van der Waals surface area (Å²) in [5.41, 5.74) is 2.96. The van der Waals surface area contributed by atoms with E-state index in [1.807, 2.05) is 52.0 Å². The van der Waals surface area contributed by atoms with Crippen LogP contribution in [-0.2, 0) is 16.1 Å². The van der Waals surface area contributed by atoms with Crippen molar-refractivity contribution in [2.24, 2.45) is 0 Å². The number of carbonyl (C=O) groups is 2. The molecule has 2 aromatic carbocycles. The summed E-state index contributed by atoms with van der Waals surface area (Å²) >= 11 is 6.04. The van der Waals surface area contributed by atoms with Crippen molar-refractivity contribution in [3.8, 4) is 5.75 Å². The lowest BCUT2D eigenvalue weighted by Gasteiger charge is -2.29. The minimum absolute atomic E-state index is 0.00503. The second-order valence-corrected chi connectivity index (χ2v) is 7.95. The van der Waals surface area contributed by atoms with Gasteiger partial charge in [0, 0.05) is 17.6 Å². The molecular weight excluding hydrogens is 388 g/mol. The molecule has 0 saturated heterocycles. The lowest BCUT2D eigenvalue weighted by atomic mass is 10.1. The fourth-order valence-corrected chi connectivity index (χ4v) is 2.93. The zero-order valence-electron chi connectivity index (χ0n) is 17.7. The Balaban J connectivity index is 2.15. The van der Waals surface area contributed by atoms with Gasteiger partial charge in [0.25, 0.3) is 5.91 Å². The first kappa shape index (κ1) is 22.8. The minimum atomic E-state index is -0.623. The first-order valence-electron chi connectivity index (χ1n) is 9.71. The van der Waals surface area contributed by atoms with Crippen LogP contribution in [0, 0.1) is 13.8 Å². The predicted molar refractivity (Wildman–Crippen MR) is 116 cm³/mol. The summed E-state index contributed by atoms with van der Waals surface area (Å²) in [6.45, 7) is 9.56. The van der Waals surface area contributed by atoms with E-state index in [2.05, 4.69) is 5.32 Å². The van der Waals surface area contributed by atoms with Crippen LogP contribution in [-0.4, -0.2) is 35.4 Å². The van der Waals surface area contributed by atoms with Gasteiger partial charge in [-0.1, -0.05) is 41.4 Å². The maximum absolute atomic E-state index is 13.0. The number of ether oxygens (including phenoxy) is 1. The summed E-state index contributed by atoms with van der Waals surface area (Å²) in [7, 11) is 0. The molecule has 0 aliphatic rings. The average Bonchev–Trinajstić information content (AvgIpc) is 2.67. The Kier molecular flexibility index (Phi) is 8.09. The largest absolute Gasteiger partial charge is 0.484 e. The van der Waals surface area contributed by atoms with Gasteiger partial charge in [-0.3, -0.25) is 9.59 Å². The topological polar surface area (TPSA) is 58.6 Å². The molecule has 2 rings (SSSR count). The van der Waals surface area contributed by atoms with Gasteiger partial charge in [-0.15, -0.1) is 0 Å². The van der Waals surface area contributed by atoms with Crippen LogP contribution >= 0.6 is 11.6 Å². The first-order valence-corrected chi connectivity index (χ1v) is 10.1. The molecule has 0 aromatic heterocycles. The van der Waals surface area contributed by atoms with Crippen molar-refractivity contribution in [2.45, 2.75) is 53.2 Å². The summed E-state index contributed by atoms with van der Waals surface area (Å²) in [5.74, 6) is 0.113. The van der Waals surface area contributed by atoms with E-state index in [1.165, 1.54) is 0 Å². The summed E-state index contributed by atoms with van der Waals surface area (Å²) < 4.78 is 5.67. The van der Waals surface area contributed by atoms with E-state index in [-0.39, 0.29) is 24.5 Å². The van der Waals surface area contributed by atoms with Gasteiger partial charge in [-0.2, -0.15) is 0 Å². The van der Waals surface area contributed by atoms with Gasteiger partial charge in [0.05, 0.1) is 0 Å². The summed E-state index contributed by atoms with van der Waals surface area (Å²) in [4.78, 5) is 27.1. The van der Waals surface area contributed by atoms with Crippen molar-refractivity contribution in [2.75, 3.05) is 6.61 Å². The molecule has 0 radical (unpaired) electrons. The van der Waals surface area contributed by atoms with E-state index < -0.39 is 6.04 Å². The van der Waals surface area contributed by atoms with Crippen LogP contribution in [0.3, 0.4) is 0 Å². The zero-order valence-corrected chi connectivity index (χ0v) is 18.4. The first-order chi connectivity index (χ1) is 13.7. The van der Waals surface area contributed by atoms with E-state index >= 15 is 0 Å². The Bertz CT molecular complexity index is 850. The lowest BCUT2D eigenvalue weighted by molar-refractivity contribution is -0.142. The number of nitrogens with zero attached hydrogens (tertiary/aromatic N) is 1. The van der Waals surface area contributed by atoms with Crippen molar-refractivity contribution < 1.29 is 14.3 Å². The molecule has 0 unspecified atom stereocenters. The molecule has 1 N–H and O–H groups in total. The maximum atomic E-state index is 13.0. The smallest absolute Gasteiger partial charge is 0.261 e. The highest BCUT2D eigenvalue weighted by Gasteiger charge is 2.26. The summed E-state index contributed by atoms with van der Waals surface area (Å²) in [5, 5.41) is 3.51. The number of amides is 2. The van der Waals surface area contributed by atoms with Crippen LogP contribution < -0.4 is 10.1 Å². The van der Waals surface area contributed by atoms with Crippen molar-refractivity contribution in [1.82, 2.24) is 10.2 Å². The van der Waals surface area contributed by atoms with Gasteiger partial charge in [0.2, 0.25) is 5.91 Å². The van der Waals surface area contributed by atoms with Gasteiger partial charge in [-0.05, 0) is 63.9 Å². The number of benzene rings is 2. The number of hydrogen-bond acceptors (Lipinski definition) is 3. The molecule has 0 saturated carbocycles. The van der Waals surface area contributed by atoms with Gasteiger partial charge >= 0.3 is 0 Å². The third-order valence-corrected chi connectivity index (χ3v) is 4.99. The van der Waals surface area contributed by atoms with Crippen molar-refractivity contribution in [3.05, 3.63) is 64.2 Å². The van der Waals surface area contributed by atoms with Crippen LogP contribution in [0.1, 0.15) is 37.5 Å². The van der Waals surface area contributed by atoms with Crippen molar-refractivity contribution in [1.29, 1.82) is 0 Å². The highest BCUT2D eigenvalue weighted by atomic mass is 35.5. The number of carbonyl (C=O) groups excluding carboxylic acids is 2. The third kappa shape index (κ3) is 6.79. The molecule has 29 heavy (non-hydrogen) atoms. The predicted octanol–water partition coefficient (Wildman–Crippen LogP) is 4.28. The van der Waals surface area contributed by atoms with Crippen LogP contribution in [0.5, 0.6) is 5.75 Å². The second kappa shape index (κ2) is 10.3. The number of halogens is 1. The lowest BCUT2D eigenvalue weighted by Crippen LogP contribution is -2.50. The fourth-order valence-electron chi connectivity index (χ4n) is 2.81. The molecule has 5 nitrogen and oxygen atoms in total. The molecule has 2 amide bonds. The molecule has 2 aromatic rings. The molecule has 1 atom stereocenters.